The van der Waals surface area contributed by atoms with E-state index in [1.165, 1.54) is 0 Å². The quantitative estimate of drug-likeness (QED) is 0.628. The largest absolute Gasteiger partial charge is 0.376 e. The summed E-state index contributed by atoms with van der Waals surface area (Å²) in [5.41, 5.74) is -0.537. The van der Waals surface area contributed by atoms with E-state index in [4.69, 9.17) is 11.6 Å². The first kappa shape index (κ1) is 13.2. The van der Waals surface area contributed by atoms with Gasteiger partial charge in [0.1, 0.15) is 5.72 Å². The molecular formula is C12H16ClNO2. The monoisotopic (exact) mass is 241 g/mol. The molecule has 0 heterocycles. The second-order valence-corrected chi connectivity index (χ2v) is 4.74. The number of hydrogen-bond acceptors (Lipinski definition) is 3. The number of Topliss-reactive ketones (excluding diaryl/α,β-unsaturated/α-hetero) is 1. The number of rotatable bonds is 4. The first-order valence-corrected chi connectivity index (χ1v) is 5.47. The Kier molecular flexibility index (Phi) is 4.08. The highest BCUT2D eigenvalue weighted by Gasteiger charge is 2.21. The minimum atomic E-state index is -1.08. The number of hydrogen-bond donors (Lipinski definition) is 2. The molecule has 0 saturated heterocycles. The van der Waals surface area contributed by atoms with Crippen molar-refractivity contribution in [3.05, 3.63) is 34.9 Å². The van der Waals surface area contributed by atoms with Gasteiger partial charge in [0.25, 0.3) is 0 Å². The van der Waals surface area contributed by atoms with Gasteiger partial charge in [0.2, 0.25) is 0 Å². The van der Waals surface area contributed by atoms with Crippen molar-refractivity contribution in [2.75, 3.05) is 0 Å². The van der Waals surface area contributed by atoms with E-state index in [1.54, 1.807) is 45.0 Å². The molecule has 1 atom stereocenters. The van der Waals surface area contributed by atoms with Gasteiger partial charge in [-0.1, -0.05) is 23.7 Å². The van der Waals surface area contributed by atoms with E-state index in [0.717, 1.165) is 0 Å². The second-order valence-electron chi connectivity index (χ2n) is 4.30. The van der Waals surface area contributed by atoms with Crippen molar-refractivity contribution in [1.82, 2.24) is 5.32 Å². The molecule has 0 aliphatic rings. The topological polar surface area (TPSA) is 49.3 Å². The third-order valence-corrected chi connectivity index (χ3v) is 2.31. The van der Waals surface area contributed by atoms with Gasteiger partial charge < -0.3 is 5.11 Å². The maximum Gasteiger partial charge on any atom is 0.179 e. The molecule has 3 nitrogen and oxygen atoms in total. The van der Waals surface area contributed by atoms with Crippen LogP contribution in [0.15, 0.2) is 24.3 Å². The molecule has 0 radical (unpaired) electrons. The maximum atomic E-state index is 11.9. The Morgan fingerprint density at radius 3 is 2.62 bits per heavy atom. The highest BCUT2D eigenvalue weighted by atomic mass is 35.5. The van der Waals surface area contributed by atoms with E-state index in [1.807, 2.05) is 0 Å². The van der Waals surface area contributed by atoms with Crippen molar-refractivity contribution in [2.45, 2.75) is 32.5 Å². The highest BCUT2D eigenvalue weighted by molar-refractivity contribution is 6.31. The molecule has 16 heavy (non-hydrogen) atoms. The first-order chi connectivity index (χ1) is 7.29. The molecule has 0 aromatic heterocycles. The minimum Gasteiger partial charge on any atom is -0.376 e. The lowest BCUT2D eigenvalue weighted by Crippen LogP contribution is -2.47. The van der Waals surface area contributed by atoms with Gasteiger partial charge in [-0.25, -0.2) is 0 Å². The van der Waals surface area contributed by atoms with Crippen LogP contribution in [-0.4, -0.2) is 22.7 Å². The summed E-state index contributed by atoms with van der Waals surface area (Å²) in [6, 6.07) is 6.31. The van der Waals surface area contributed by atoms with Gasteiger partial charge in [0, 0.05) is 10.6 Å². The van der Waals surface area contributed by atoms with Gasteiger partial charge in [-0.3, -0.25) is 10.1 Å². The Morgan fingerprint density at radius 1 is 1.50 bits per heavy atom. The zero-order valence-corrected chi connectivity index (χ0v) is 10.4. The van der Waals surface area contributed by atoms with Gasteiger partial charge in [-0.05, 0) is 32.9 Å². The standard InChI is InChI=1S/C12H16ClNO2/c1-8(14-12(2,3)16)11(15)9-5-4-6-10(13)7-9/h4-8,14,16H,1-3H3. The Hall–Kier alpha value is -0.900. The Labute approximate surface area is 100 Å². The van der Waals surface area contributed by atoms with E-state index >= 15 is 0 Å². The SMILES string of the molecule is CC(NC(C)(C)O)C(=O)c1cccc(Cl)c1. The molecule has 4 heteroatoms. The summed E-state index contributed by atoms with van der Waals surface area (Å²) in [6.45, 7) is 4.89. The van der Waals surface area contributed by atoms with Crippen LogP contribution >= 0.6 is 11.6 Å². The van der Waals surface area contributed by atoms with Crippen LogP contribution in [-0.2, 0) is 0 Å². The lowest BCUT2D eigenvalue weighted by atomic mass is 10.0. The van der Waals surface area contributed by atoms with Crippen molar-refractivity contribution in [3.63, 3.8) is 0 Å². The maximum absolute atomic E-state index is 11.9. The van der Waals surface area contributed by atoms with Crippen molar-refractivity contribution in [3.8, 4) is 0 Å². The number of benzene rings is 1. The fraction of sp³-hybridized carbons (Fsp3) is 0.417. The second kappa shape index (κ2) is 4.95. The average Bonchev–Trinajstić information content (AvgIpc) is 2.14. The molecule has 88 valence electrons. The highest BCUT2D eigenvalue weighted by Crippen LogP contribution is 2.13. The predicted molar refractivity (Wildman–Crippen MR) is 64.7 cm³/mol. The molecular weight excluding hydrogens is 226 g/mol. The molecule has 2 N–H and O–H groups in total. The number of carbonyl (C=O) groups is 1. The van der Waals surface area contributed by atoms with Gasteiger partial charge in [-0.15, -0.1) is 0 Å². The Balaban J connectivity index is 2.78. The lowest BCUT2D eigenvalue weighted by molar-refractivity contribution is 0.0317. The summed E-state index contributed by atoms with van der Waals surface area (Å²) in [7, 11) is 0. The average molecular weight is 242 g/mol. The smallest absolute Gasteiger partial charge is 0.179 e. The molecule has 0 saturated carbocycles. The fourth-order valence-corrected chi connectivity index (χ4v) is 1.68. The third-order valence-electron chi connectivity index (χ3n) is 2.07. The van der Waals surface area contributed by atoms with Gasteiger partial charge in [0.05, 0.1) is 6.04 Å². The van der Waals surface area contributed by atoms with Crippen LogP contribution in [0.5, 0.6) is 0 Å². The van der Waals surface area contributed by atoms with Gasteiger partial charge >= 0.3 is 0 Å². The number of aliphatic hydroxyl groups is 1. The van der Waals surface area contributed by atoms with Crippen molar-refractivity contribution in [2.24, 2.45) is 0 Å². The molecule has 1 aromatic rings. The first-order valence-electron chi connectivity index (χ1n) is 5.09. The number of halogens is 1. The normalized spacial score (nSPS) is 13.6. The summed E-state index contributed by atoms with van der Waals surface area (Å²) in [5.74, 6) is -0.0929. The third kappa shape index (κ3) is 3.93. The molecule has 1 rings (SSSR count). The summed E-state index contributed by atoms with van der Waals surface area (Å²) >= 11 is 5.80. The van der Waals surface area contributed by atoms with E-state index in [0.29, 0.717) is 10.6 Å². The van der Waals surface area contributed by atoms with Crippen molar-refractivity contribution >= 4 is 17.4 Å². The van der Waals surface area contributed by atoms with E-state index < -0.39 is 11.8 Å². The van der Waals surface area contributed by atoms with Crippen LogP contribution in [0.1, 0.15) is 31.1 Å². The molecule has 0 spiro atoms. The van der Waals surface area contributed by atoms with Crippen LogP contribution < -0.4 is 5.32 Å². The lowest BCUT2D eigenvalue weighted by Gasteiger charge is -2.23. The Bertz CT molecular complexity index is 385. The zero-order chi connectivity index (χ0) is 12.3. The Morgan fingerprint density at radius 2 is 2.12 bits per heavy atom. The molecule has 0 bridgehead atoms. The van der Waals surface area contributed by atoms with Crippen LogP contribution in [0.3, 0.4) is 0 Å². The fourth-order valence-electron chi connectivity index (χ4n) is 1.49. The number of nitrogens with one attached hydrogen (secondary N) is 1. The summed E-state index contributed by atoms with van der Waals surface area (Å²) < 4.78 is 0. The predicted octanol–water partition coefficient (Wildman–Crippen LogP) is 2.23. The van der Waals surface area contributed by atoms with Gasteiger partial charge in [-0.2, -0.15) is 0 Å². The summed E-state index contributed by atoms with van der Waals surface area (Å²) in [6.07, 6.45) is 0. The van der Waals surface area contributed by atoms with Crippen molar-refractivity contribution in [1.29, 1.82) is 0 Å². The summed E-state index contributed by atoms with van der Waals surface area (Å²) in [5, 5.41) is 12.9. The molecule has 0 aliphatic carbocycles. The van der Waals surface area contributed by atoms with Crippen LogP contribution in [0.25, 0.3) is 0 Å². The van der Waals surface area contributed by atoms with Gasteiger partial charge in [0.15, 0.2) is 5.78 Å². The molecule has 0 amide bonds. The van der Waals surface area contributed by atoms with E-state index in [-0.39, 0.29) is 5.78 Å². The van der Waals surface area contributed by atoms with Crippen LogP contribution in [0.2, 0.25) is 5.02 Å². The zero-order valence-electron chi connectivity index (χ0n) is 9.62. The van der Waals surface area contributed by atoms with Crippen molar-refractivity contribution < 1.29 is 9.90 Å². The molecule has 1 aromatic carbocycles. The molecule has 0 aliphatic heterocycles. The van der Waals surface area contributed by atoms with Crippen LogP contribution in [0.4, 0.5) is 0 Å². The van der Waals surface area contributed by atoms with E-state index in [2.05, 4.69) is 5.32 Å². The molecule has 0 fully saturated rings. The van der Waals surface area contributed by atoms with E-state index in [9.17, 15) is 9.90 Å². The number of carbonyl (C=O) groups excluding carboxylic acids is 1. The number of ketones is 1. The molecule has 1 unspecified atom stereocenters. The summed E-state index contributed by atoms with van der Waals surface area (Å²) in [4.78, 5) is 11.9. The van der Waals surface area contributed by atoms with Crippen LogP contribution in [0, 0.1) is 0 Å². The minimum absolute atomic E-state index is 0.0929.